The van der Waals surface area contributed by atoms with E-state index >= 15 is 0 Å². The average molecular weight is 304 g/mol. The summed E-state index contributed by atoms with van der Waals surface area (Å²) in [5.74, 6) is 1.96. The maximum Gasteiger partial charge on any atom is 0.141 e. The molecule has 1 unspecified atom stereocenters. The summed E-state index contributed by atoms with van der Waals surface area (Å²) in [4.78, 5) is 15.3. The number of hydrogen-bond donors (Lipinski definition) is 0. The minimum atomic E-state index is 0.657. The Morgan fingerprint density at radius 2 is 2.19 bits per heavy atom. The molecule has 0 bridgehead atoms. The third kappa shape index (κ3) is 2.77. The summed E-state index contributed by atoms with van der Waals surface area (Å²) in [5.41, 5.74) is 1.29. The molecule has 0 radical (unpaired) electrons. The van der Waals surface area contributed by atoms with Crippen LogP contribution in [-0.4, -0.2) is 47.6 Å². The number of fused-ring (bicyclic) bond motifs is 1. The van der Waals surface area contributed by atoms with Gasteiger partial charge in [-0.1, -0.05) is 6.92 Å². The highest BCUT2D eigenvalue weighted by Gasteiger charge is 2.25. The van der Waals surface area contributed by atoms with E-state index in [1.54, 1.807) is 11.3 Å². The fraction of sp³-hybridized carbons (Fsp3) is 0.625. The van der Waals surface area contributed by atoms with Crippen LogP contribution in [0.5, 0.6) is 0 Å². The monoisotopic (exact) mass is 304 g/mol. The van der Waals surface area contributed by atoms with E-state index in [0.717, 1.165) is 29.6 Å². The van der Waals surface area contributed by atoms with E-state index in [-0.39, 0.29) is 0 Å². The standard InChI is InChI=1S/C16H24N4S/c1-5-20-8-6-7-13(20)9-19(4)15-14-11(2)10-21-16(14)18-12(3)17-15/h10,13H,5-9H2,1-4H3. The number of nitrogens with zero attached hydrogens (tertiary/aromatic N) is 4. The molecular weight excluding hydrogens is 280 g/mol. The normalized spacial score (nSPS) is 19.5. The number of likely N-dealkylation sites (tertiary alicyclic amines) is 1. The molecule has 1 fully saturated rings. The Bertz CT molecular complexity index is 636. The lowest BCUT2D eigenvalue weighted by Crippen LogP contribution is -2.39. The molecule has 0 saturated carbocycles. The zero-order chi connectivity index (χ0) is 15.0. The molecule has 21 heavy (non-hydrogen) atoms. The van der Waals surface area contributed by atoms with Crippen LogP contribution in [-0.2, 0) is 0 Å². The van der Waals surface area contributed by atoms with Crippen molar-refractivity contribution in [1.29, 1.82) is 0 Å². The van der Waals surface area contributed by atoms with Crippen molar-refractivity contribution < 1.29 is 0 Å². The van der Waals surface area contributed by atoms with Gasteiger partial charge in [0.25, 0.3) is 0 Å². The van der Waals surface area contributed by atoms with E-state index < -0.39 is 0 Å². The highest BCUT2D eigenvalue weighted by atomic mass is 32.1. The number of likely N-dealkylation sites (N-methyl/N-ethyl adjacent to an activating group) is 2. The van der Waals surface area contributed by atoms with E-state index in [4.69, 9.17) is 4.98 Å². The zero-order valence-electron chi connectivity index (χ0n) is 13.4. The van der Waals surface area contributed by atoms with Gasteiger partial charge < -0.3 is 4.90 Å². The van der Waals surface area contributed by atoms with Crippen LogP contribution in [0.2, 0.25) is 0 Å². The van der Waals surface area contributed by atoms with E-state index in [9.17, 15) is 0 Å². The van der Waals surface area contributed by atoms with Crippen LogP contribution in [0.4, 0.5) is 5.82 Å². The van der Waals surface area contributed by atoms with Gasteiger partial charge in [0.1, 0.15) is 16.5 Å². The van der Waals surface area contributed by atoms with Crippen LogP contribution in [0, 0.1) is 13.8 Å². The summed E-state index contributed by atoms with van der Waals surface area (Å²) < 4.78 is 0. The van der Waals surface area contributed by atoms with Crippen LogP contribution in [0.3, 0.4) is 0 Å². The van der Waals surface area contributed by atoms with Crippen LogP contribution in [0.25, 0.3) is 10.2 Å². The molecule has 0 spiro atoms. The van der Waals surface area contributed by atoms with Gasteiger partial charge in [0, 0.05) is 19.6 Å². The number of hydrogen-bond acceptors (Lipinski definition) is 5. The molecule has 2 aromatic heterocycles. The van der Waals surface area contributed by atoms with Gasteiger partial charge in [0.05, 0.1) is 5.39 Å². The number of aryl methyl sites for hydroxylation is 2. The Labute approximate surface area is 130 Å². The second-order valence-corrected chi connectivity index (χ2v) is 6.86. The maximum atomic E-state index is 4.73. The van der Waals surface area contributed by atoms with Crippen molar-refractivity contribution in [3.8, 4) is 0 Å². The number of rotatable bonds is 4. The highest BCUT2D eigenvalue weighted by molar-refractivity contribution is 7.17. The molecule has 0 aliphatic carbocycles. The molecule has 3 rings (SSSR count). The smallest absolute Gasteiger partial charge is 0.141 e. The quantitative estimate of drug-likeness (QED) is 0.868. The summed E-state index contributed by atoms with van der Waals surface area (Å²) in [5, 5.41) is 3.42. The molecule has 1 atom stereocenters. The predicted octanol–water partition coefficient (Wildman–Crippen LogP) is 3.23. The van der Waals surface area contributed by atoms with E-state index in [1.165, 1.54) is 30.3 Å². The zero-order valence-corrected chi connectivity index (χ0v) is 14.2. The Balaban J connectivity index is 1.90. The molecule has 2 aromatic rings. The molecule has 3 heterocycles. The predicted molar refractivity (Wildman–Crippen MR) is 90.4 cm³/mol. The van der Waals surface area contributed by atoms with Gasteiger partial charge in [-0.2, -0.15) is 0 Å². The second-order valence-electron chi connectivity index (χ2n) is 6.00. The molecule has 1 saturated heterocycles. The summed E-state index contributed by atoms with van der Waals surface area (Å²) in [6.45, 7) is 9.84. The van der Waals surface area contributed by atoms with Gasteiger partial charge in [-0.15, -0.1) is 11.3 Å². The lowest BCUT2D eigenvalue weighted by Gasteiger charge is -2.28. The molecule has 5 heteroatoms. The maximum absolute atomic E-state index is 4.73. The van der Waals surface area contributed by atoms with Crippen LogP contribution in [0.15, 0.2) is 5.38 Å². The second kappa shape index (κ2) is 5.89. The Morgan fingerprint density at radius 3 is 2.95 bits per heavy atom. The van der Waals surface area contributed by atoms with Gasteiger partial charge in [-0.3, -0.25) is 4.90 Å². The first-order chi connectivity index (χ1) is 10.1. The van der Waals surface area contributed by atoms with Crippen molar-refractivity contribution in [2.75, 3.05) is 31.6 Å². The van der Waals surface area contributed by atoms with Crippen molar-refractivity contribution in [3.05, 3.63) is 16.8 Å². The van der Waals surface area contributed by atoms with Gasteiger partial charge in [0.15, 0.2) is 0 Å². The average Bonchev–Trinajstić information content (AvgIpc) is 3.05. The minimum absolute atomic E-state index is 0.657. The third-order valence-electron chi connectivity index (χ3n) is 4.46. The van der Waals surface area contributed by atoms with Gasteiger partial charge >= 0.3 is 0 Å². The van der Waals surface area contributed by atoms with E-state index in [0.29, 0.717) is 6.04 Å². The van der Waals surface area contributed by atoms with Crippen molar-refractivity contribution >= 4 is 27.4 Å². The van der Waals surface area contributed by atoms with Crippen molar-refractivity contribution in [3.63, 3.8) is 0 Å². The first-order valence-electron chi connectivity index (χ1n) is 7.77. The summed E-state index contributed by atoms with van der Waals surface area (Å²) in [7, 11) is 2.17. The molecule has 1 aliphatic heterocycles. The van der Waals surface area contributed by atoms with E-state index in [2.05, 4.69) is 41.1 Å². The first kappa shape index (κ1) is 14.7. The summed E-state index contributed by atoms with van der Waals surface area (Å²) in [6.07, 6.45) is 2.62. The molecule has 114 valence electrons. The number of anilines is 1. The van der Waals surface area contributed by atoms with Crippen LogP contribution < -0.4 is 4.90 Å². The number of thiophene rings is 1. The Hall–Kier alpha value is -1.20. The molecule has 1 aliphatic rings. The molecule has 0 N–H and O–H groups in total. The van der Waals surface area contributed by atoms with Crippen LogP contribution in [0.1, 0.15) is 31.2 Å². The van der Waals surface area contributed by atoms with Crippen molar-refractivity contribution in [2.24, 2.45) is 0 Å². The first-order valence-corrected chi connectivity index (χ1v) is 8.65. The third-order valence-corrected chi connectivity index (χ3v) is 5.45. The molecule has 0 aromatic carbocycles. The Kier molecular flexibility index (Phi) is 4.13. The summed E-state index contributed by atoms with van der Waals surface area (Å²) in [6, 6.07) is 0.657. The van der Waals surface area contributed by atoms with Gasteiger partial charge in [-0.25, -0.2) is 9.97 Å². The van der Waals surface area contributed by atoms with E-state index in [1.807, 2.05) is 6.92 Å². The SMILES string of the molecule is CCN1CCCC1CN(C)c1nc(C)nc2scc(C)c12. The van der Waals surface area contributed by atoms with Crippen molar-refractivity contribution in [1.82, 2.24) is 14.9 Å². The van der Waals surface area contributed by atoms with Gasteiger partial charge in [-0.05, 0) is 50.7 Å². The topological polar surface area (TPSA) is 32.3 Å². The van der Waals surface area contributed by atoms with Crippen molar-refractivity contribution in [2.45, 2.75) is 39.7 Å². The lowest BCUT2D eigenvalue weighted by atomic mass is 10.2. The number of aromatic nitrogens is 2. The minimum Gasteiger partial charge on any atom is -0.357 e. The fourth-order valence-corrected chi connectivity index (χ4v) is 4.32. The Morgan fingerprint density at radius 1 is 1.38 bits per heavy atom. The fourth-order valence-electron chi connectivity index (χ4n) is 3.36. The highest BCUT2D eigenvalue weighted by Crippen LogP contribution is 2.31. The van der Waals surface area contributed by atoms with Gasteiger partial charge in [0.2, 0.25) is 0 Å². The summed E-state index contributed by atoms with van der Waals surface area (Å²) >= 11 is 1.72. The van der Waals surface area contributed by atoms with Crippen LogP contribution >= 0.6 is 11.3 Å². The largest absolute Gasteiger partial charge is 0.357 e. The molecule has 0 amide bonds. The molecular formula is C16H24N4S. The molecule has 4 nitrogen and oxygen atoms in total. The lowest BCUT2D eigenvalue weighted by molar-refractivity contribution is 0.270.